The maximum absolute atomic E-state index is 12.5. The van der Waals surface area contributed by atoms with E-state index < -0.39 is 11.9 Å². The fourth-order valence-electron chi connectivity index (χ4n) is 2.47. The third kappa shape index (κ3) is 4.98. The molecule has 0 fully saturated rings. The Hall–Kier alpha value is -2.56. The monoisotopic (exact) mass is 328 g/mol. The van der Waals surface area contributed by atoms with E-state index in [2.05, 4.69) is 24.5 Å². The summed E-state index contributed by atoms with van der Waals surface area (Å²) in [6.07, 6.45) is 2.25. The summed E-state index contributed by atoms with van der Waals surface area (Å²) in [5.41, 5.74) is 1.06. The average Bonchev–Trinajstić information content (AvgIpc) is 3.09. The summed E-state index contributed by atoms with van der Waals surface area (Å²) in [6, 6.07) is 12.3. The minimum absolute atomic E-state index is 0.0818. The number of carbonyl (C=O) groups is 2. The molecule has 0 aliphatic carbocycles. The molecule has 1 aromatic carbocycles. The van der Waals surface area contributed by atoms with Gasteiger partial charge in [-0.3, -0.25) is 9.59 Å². The molecule has 0 bridgehead atoms. The van der Waals surface area contributed by atoms with E-state index in [-0.39, 0.29) is 17.7 Å². The SMILES string of the molecule is CC(C)CC(NC(=O)C(C)NC(=O)c1ccco1)c1ccccc1. The summed E-state index contributed by atoms with van der Waals surface area (Å²) in [5.74, 6) is 0.00661. The van der Waals surface area contributed by atoms with Gasteiger partial charge in [-0.25, -0.2) is 0 Å². The molecule has 1 aromatic heterocycles. The van der Waals surface area contributed by atoms with E-state index >= 15 is 0 Å². The highest BCUT2D eigenvalue weighted by Crippen LogP contribution is 2.21. The summed E-state index contributed by atoms with van der Waals surface area (Å²) >= 11 is 0. The summed E-state index contributed by atoms with van der Waals surface area (Å²) in [6.45, 7) is 5.89. The zero-order valence-electron chi connectivity index (χ0n) is 14.3. The van der Waals surface area contributed by atoms with Gasteiger partial charge in [-0.2, -0.15) is 0 Å². The lowest BCUT2D eigenvalue weighted by atomic mass is 9.96. The molecule has 5 nitrogen and oxygen atoms in total. The molecule has 2 unspecified atom stereocenters. The molecule has 0 radical (unpaired) electrons. The van der Waals surface area contributed by atoms with Crippen LogP contribution in [0.3, 0.4) is 0 Å². The molecule has 2 rings (SSSR count). The van der Waals surface area contributed by atoms with Crippen molar-refractivity contribution in [3.63, 3.8) is 0 Å². The van der Waals surface area contributed by atoms with Gasteiger partial charge in [0.05, 0.1) is 12.3 Å². The van der Waals surface area contributed by atoms with Gasteiger partial charge < -0.3 is 15.1 Å². The third-order valence-electron chi connectivity index (χ3n) is 3.71. The van der Waals surface area contributed by atoms with Gasteiger partial charge in [0.25, 0.3) is 5.91 Å². The molecule has 0 saturated heterocycles. The van der Waals surface area contributed by atoms with Crippen LogP contribution in [0.15, 0.2) is 53.1 Å². The third-order valence-corrected chi connectivity index (χ3v) is 3.71. The fourth-order valence-corrected chi connectivity index (χ4v) is 2.47. The highest BCUT2D eigenvalue weighted by molar-refractivity contribution is 5.95. The average molecular weight is 328 g/mol. The zero-order chi connectivity index (χ0) is 17.5. The van der Waals surface area contributed by atoms with Crippen molar-refractivity contribution in [3.05, 3.63) is 60.1 Å². The van der Waals surface area contributed by atoms with Gasteiger partial charge in [0, 0.05) is 0 Å². The molecule has 1 heterocycles. The Morgan fingerprint density at radius 3 is 2.29 bits per heavy atom. The normalized spacial score (nSPS) is 13.3. The van der Waals surface area contributed by atoms with Crippen molar-refractivity contribution in [2.45, 2.75) is 39.3 Å². The van der Waals surface area contributed by atoms with Crippen molar-refractivity contribution >= 4 is 11.8 Å². The second kappa shape index (κ2) is 8.34. The molecule has 0 aliphatic heterocycles. The molecule has 0 spiro atoms. The van der Waals surface area contributed by atoms with Crippen LogP contribution in [0.25, 0.3) is 0 Å². The van der Waals surface area contributed by atoms with Gasteiger partial charge >= 0.3 is 0 Å². The Labute approximate surface area is 142 Å². The number of hydrogen-bond acceptors (Lipinski definition) is 3. The van der Waals surface area contributed by atoms with Gasteiger partial charge in [-0.15, -0.1) is 0 Å². The van der Waals surface area contributed by atoms with Crippen LogP contribution < -0.4 is 10.6 Å². The quantitative estimate of drug-likeness (QED) is 0.819. The highest BCUT2D eigenvalue weighted by atomic mass is 16.3. The van der Waals surface area contributed by atoms with E-state index in [0.717, 1.165) is 12.0 Å². The Balaban J connectivity index is 2.00. The van der Waals surface area contributed by atoms with Crippen molar-refractivity contribution in [3.8, 4) is 0 Å². The van der Waals surface area contributed by atoms with Crippen molar-refractivity contribution in [1.82, 2.24) is 10.6 Å². The van der Waals surface area contributed by atoms with E-state index in [1.165, 1.54) is 6.26 Å². The lowest BCUT2D eigenvalue weighted by Crippen LogP contribution is -2.46. The standard InChI is InChI=1S/C19H24N2O3/c1-13(2)12-16(15-8-5-4-6-9-15)21-18(22)14(3)20-19(23)17-10-7-11-24-17/h4-11,13-14,16H,12H2,1-3H3,(H,20,23)(H,21,22). The molecular weight excluding hydrogens is 304 g/mol. The first-order valence-corrected chi connectivity index (χ1v) is 8.17. The van der Waals surface area contributed by atoms with E-state index in [1.54, 1.807) is 19.1 Å². The maximum atomic E-state index is 12.5. The fraction of sp³-hybridized carbons (Fsp3) is 0.368. The molecule has 5 heteroatoms. The molecule has 24 heavy (non-hydrogen) atoms. The van der Waals surface area contributed by atoms with Gasteiger partial charge in [-0.05, 0) is 37.0 Å². The van der Waals surface area contributed by atoms with Crippen LogP contribution in [0.2, 0.25) is 0 Å². The molecule has 0 saturated carbocycles. The highest BCUT2D eigenvalue weighted by Gasteiger charge is 2.22. The van der Waals surface area contributed by atoms with Crippen molar-refractivity contribution in [2.75, 3.05) is 0 Å². The topological polar surface area (TPSA) is 71.3 Å². The Morgan fingerprint density at radius 2 is 1.71 bits per heavy atom. The second-order valence-electron chi connectivity index (χ2n) is 6.27. The summed E-state index contributed by atoms with van der Waals surface area (Å²) < 4.78 is 5.04. The van der Waals surface area contributed by atoms with E-state index in [9.17, 15) is 9.59 Å². The van der Waals surface area contributed by atoms with Gasteiger partial charge in [0.15, 0.2) is 5.76 Å². The number of amides is 2. The molecule has 128 valence electrons. The molecule has 0 aliphatic rings. The van der Waals surface area contributed by atoms with Gasteiger partial charge in [0.1, 0.15) is 6.04 Å². The van der Waals surface area contributed by atoms with Crippen molar-refractivity contribution in [1.29, 1.82) is 0 Å². The van der Waals surface area contributed by atoms with Crippen LogP contribution in [0.5, 0.6) is 0 Å². The van der Waals surface area contributed by atoms with Gasteiger partial charge in [0.2, 0.25) is 5.91 Å². The van der Waals surface area contributed by atoms with Gasteiger partial charge in [-0.1, -0.05) is 44.2 Å². The van der Waals surface area contributed by atoms with Crippen LogP contribution in [-0.4, -0.2) is 17.9 Å². The maximum Gasteiger partial charge on any atom is 0.287 e. The molecule has 2 atom stereocenters. The van der Waals surface area contributed by atoms with E-state index in [0.29, 0.717) is 5.92 Å². The second-order valence-corrected chi connectivity index (χ2v) is 6.27. The van der Waals surface area contributed by atoms with Crippen LogP contribution in [0.4, 0.5) is 0 Å². The van der Waals surface area contributed by atoms with Crippen LogP contribution in [-0.2, 0) is 4.79 Å². The number of furan rings is 1. The summed E-state index contributed by atoms with van der Waals surface area (Å²) in [7, 11) is 0. The Bertz CT molecular complexity index is 651. The minimum atomic E-state index is -0.652. The minimum Gasteiger partial charge on any atom is -0.459 e. The Kier molecular flexibility index (Phi) is 6.18. The van der Waals surface area contributed by atoms with Crippen molar-refractivity contribution in [2.24, 2.45) is 5.92 Å². The summed E-state index contributed by atoms with van der Waals surface area (Å²) in [5, 5.41) is 5.68. The number of rotatable bonds is 7. The van der Waals surface area contributed by atoms with E-state index in [4.69, 9.17) is 4.42 Å². The number of benzene rings is 1. The number of carbonyl (C=O) groups excluding carboxylic acids is 2. The van der Waals surface area contributed by atoms with Crippen molar-refractivity contribution < 1.29 is 14.0 Å². The van der Waals surface area contributed by atoms with Crippen LogP contribution >= 0.6 is 0 Å². The molecule has 2 amide bonds. The smallest absolute Gasteiger partial charge is 0.287 e. The number of nitrogens with one attached hydrogen (secondary N) is 2. The molecule has 2 aromatic rings. The van der Waals surface area contributed by atoms with E-state index in [1.807, 2.05) is 30.3 Å². The molecular formula is C19H24N2O3. The lowest BCUT2D eigenvalue weighted by Gasteiger charge is -2.23. The first-order valence-electron chi connectivity index (χ1n) is 8.17. The largest absolute Gasteiger partial charge is 0.459 e. The number of hydrogen-bond donors (Lipinski definition) is 2. The predicted molar refractivity (Wildman–Crippen MR) is 92.4 cm³/mol. The van der Waals surface area contributed by atoms with Crippen LogP contribution in [0, 0.1) is 5.92 Å². The zero-order valence-corrected chi connectivity index (χ0v) is 14.3. The first-order chi connectivity index (χ1) is 11.5. The van der Waals surface area contributed by atoms with Crippen LogP contribution in [0.1, 0.15) is 49.4 Å². The summed E-state index contributed by atoms with van der Waals surface area (Å²) in [4.78, 5) is 24.4. The lowest BCUT2D eigenvalue weighted by molar-refractivity contribution is -0.123. The Morgan fingerprint density at radius 1 is 1.00 bits per heavy atom. The first kappa shape index (κ1) is 17.8. The molecule has 2 N–H and O–H groups in total. The predicted octanol–water partition coefficient (Wildman–Crippen LogP) is 3.30.